The Morgan fingerprint density at radius 3 is 2.89 bits per heavy atom. The maximum absolute atomic E-state index is 6.25. The highest BCUT2D eigenvalue weighted by molar-refractivity contribution is 5.78. The molecule has 3 rings (SSSR count). The van der Waals surface area contributed by atoms with Crippen LogP contribution in [-0.2, 0) is 11.2 Å². The Hall–Kier alpha value is -1.45. The van der Waals surface area contributed by atoms with Crippen LogP contribution in [-0.4, -0.2) is 23.2 Å². The lowest BCUT2D eigenvalue weighted by Gasteiger charge is -2.19. The van der Waals surface area contributed by atoms with Crippen molar-refractivity contribution in [2.75, 3.05) is 0 Å². The van der Waals surface area contributed by atoms with Crippen LogP contribution in [0.5, 0.6) is 0 Å². The quantitative estimate of drug-likeness (QED) is 0.918. The second kappa shape index (κ2) is 5.27. The fourth-order valence-electron chi connectivity index (χ4n) is 2.74. The van der Waals surface area contributed by atoms with Gasteiger partial charge in [0.25, 0.3) is 0 Å². The molecule has 0 spiro atoms. The van der Waals surface area contributed by atoms with E-state index in [2.05, 4.69) is 30.1 Å². The van der Waals surface area contributed by atoms with Crippen molar-refractivity contribution >= 4 is 10.9 Å². The molecule has 0 aliphatic carbocycles. The molecular weight excluding hydrogens is 236 g/mol. The molecule has 0 amide bonds. The monoisotopic (exact) mass is 256 g/mol. The third-order valence-electron chi connectivity index (χ3n) is 3.84. The number of para-hydroxylation sites is 1. The molecule has 1 aromatic heterocycles. The van der Waals surface area contributed by atoms with Gasteiger partial charge in [0.1, 0.15) is 0 Å². The van der Waals surface area contributed by atoms with Gasteiger partial charge in [-0.05, 0) is 31.9 Å². The van der Waals surface area contributed by atoms with Crippen molar-refractivity contribution in [1.82, 2.24) is 4.98 Å². The molecule has 1 aliphatic rings. The number of nitrogens with zero attached hydrogens (tertiary/aromatic N) is 1. The predicted molar refractivity (Wildman–Crippen MR) is 77.0 cm³/mol. The molecule has 3 heteroatoms. The first-order valence-corrected chi connectivity index (χ1v) is 6.98. The number of hydrogen-bond acceptors (Lipinski definition) is 3. The lowest BCUT2D eigenvalue weighted by molar-refractivity contribution is 0.0403. The Labute approximate surface area is 113 Å². The van der Waals surface area contributed by atoms with Crippen molar-refractivity contribution in [2.24, 2.45) is 5.73 Å². The van der Waals surface area contributed by atoms with Crippen LogP contribution in [0.25, 0.3) is 10.9 Å². The van der Waals surface area contributed by atoms with E-state index in [4.69, 9.17) is 10.5 Å². The molecule has 3 unspecified atom stereocenters. The molecule has 3 atom stereocenters. The van der Waals surface area contributed by atoms with Crippen molar-refractivity contribution in [2.45, 2.75) is 44.4 Å². The Morgan fingerprint density at radius 1 is 1.26 bits per heavy atom. The van der Waals surface area contributed by atoms with Crippen LogP contribution in [0.3, 0.4) is 0 Å². The fourth-order valence-corrected chi connectivity index (χ4v) is 2.74. The first kappa shape index (κ1) is 12.6. The molecule has 1 aliphatic heterocycles. The zero-order valence-electron chi connectivity index (χ0n) is 11.3. The van der Waals surface area contributed by atoms with Crippen LogP contribution >= 0.6 is 0 Å². The Balaban J connectivity index is 1.74. The summed E-state index contributed by atoms with van der Waals surface area (Å²) in [5.74, 6) is 0. The summed E-state index contributed by atoms with van der Waals surface area (Å²) >= 11 is 0. The van der Waals surface area contributed by atoms with Gasteiger partial charge in [-0.3, -0.25) is 4.98 Å². The van der Waals surface area contributed by atoms with Crippen LogP contribution in [0.2, 0.25) is 0 Å². The van der Waals surface area contributed by atoms with Gasteiger partial charge >= 0.3 is 0 Å². The van der Waals surface area contributed by atoms with E-state index in [1.54, 1.807) is 0 Å². The molecular formula is C16H20N2O. The molecule has 1 aromatic carbocycles. The first-order valence-electron chi connectivity index (χ1n) is 6.98. The van der Waals surface area contributed by atoms with Crippen LogP contribution in [0.15, 0.2) is 36.4 Å². The average molecular weight is 256 g/mol. The van der Waals surface area contributed by atoms with Gasteiger partial charge in [0.15, 0.2) is 0 Å². The molecule has 1 saturated heterocycles. The number of pyridine rings is 1. The number of fused-ring (bicyclic) bond motifs is 1. The second-order valence-electron chi connectivity index (χ2n) is 5.43. The van der Waals surface area contributed by atoms with Gasteiger partial charge in [-0.1, -0.05) is 24.3 Å². The molecule has 2 N–H and O–H groups in total. The minimum atomic E-state index is 0.0404. The highest BCUT2D eigenvalue weighted by Crippen LogP contribution is 2.22. The van der Waals surface area contributed by atoms with Crippen LogP contribution in [0, 0.1) is 0 Å². The number of benzene rings is 1. The predicted octanol–water partition coefficient (Wildman–Crippen LogP) is 2.67. The SMILES string of the molecule is CC1CCC(C(N)Cc2ccc3ccccc3n2)O1. The summed E-state index contributed by atoms with van der Waals surface area (Å²) in [7, 11) is 0. The zero-order chi connectivity index (χ0) is 13.2. The number of ether oxygens (including phenoxy) is 1. The maximum atomic E-state index is 6.25. The number of rotatable bonds is 3. The first-order chi connectivity index (χ1) is 9.22. The number of hydrogen-bond donors (Lipinski definition) is 1. The molecule has 19 heavy (non-hydrogen) atoms. The van der Waals surface area contributed by atoms with Gasteiger partial charge in [0.05, 0.1) is 17.7 Å². The van der Waals surface area contributed by atoms with Crippen molar-refractivity contribution in [3.8, 4) is 0 Å². The largest absolute Gasteiger partial charge is 0.374 e. The second-order valence-corrected chi connectivity index (χ2v) is 5.43. The van der Waals surface area contributed by atoms with E-state index in [-0.39, 0.29) is 12.1 Å². The molecule has 2 heterocycles. The minimum absolute atomic E-state index is 0.0404. The topological polar surface area (TPSA) is 48.1 Å². The van der Waals surface area contributed by atoms with Crippen molar-refractivity contribution in [3.63, 3.8) is 0 Å². The summed E-state index contributed by atoms with van der Waals surface area (Å²) in [6, 6.07) is 12.4. The highest BCUT2D eigenvalue weighted by atomic mass is 16.5. The van der Waals surface area contributed by atoms with E-state index in [0.717, 1.165) is 30.5 Å². The van der Waals surface area contributed by atoms with E-state index in [1.165, 1.54) is 5.39 Å². The van der Waals surface area contributed by atoms with Gasteiger partial charge < -0.3 is 10.5 Å². The smallest absolute Gasteiger partial charge is 0.0734 e. The van der Waals surface area contributed by atoms with Gasteiger partial charge in [0, 0.05) is 23.5 Å². The van der Waals surface area contributed by atoms with Crippen molar-refractivity contribution < 1.29 is 4.74 Å². The molecule has 0 saturated carbocycles. The average Bonchev–Trinajstić information content (AvgIpc) is 2.85. The molecule has 0 radical (unpaired) electrons. The van der Waals surface area contributed by atoms with Gasteiger partial charge in [0.2, 0.25) is 0 Å². The van der Waals surface area contributed by atoms with Crippen LogP contribution in [0.4, 0.5) is 0 Å². The molecule has 100 valence electrons. The maximum Gasteiger partial charge on any atom is 0.0734 e. The summed E-state index contributed by atoms with van der Waals surface area (Å²) in [6.45, 7) is 2.11. The minimum Gasteiger partial charge on any atom is -0.374 e. The zero-order valence-corrected chi connectivity index (χ0v) is 11.3. The lowest BCUT2D eigenvalue weighted by atomic mass is 10.0. The number of nitrogens with two attached hydrogens (primary N) is 1. The molecule has 2 aromatic rings. The number of aromatic nitrogens is 1. The third kappa shape index (κ3) is 2.77. The van der Waals surface area contributed by atoms with Gasteiger partial charge in [-0.25, -0.2) is 0 Å². The molecule has 3 nitrogen and oxygen atoms in total. The summed E-state index contributed by atoms with van der Waals surface area (Å²) in [5.41, 5.74) is 8.34. The Kier molecular flexibility index (Phi) is 3.49. The van der Waals surface area contributed by atoms with Gasteiger partial charge in [-0.15, -0.1) is 0 Å². The van der Waals surface area contributed by atoms with E-state index in [1.807, 2.05) is 18.2 Å². The summed E-state index contributed by atoms with van der Waals surface area (Å²) in [6.07, 6.45) is 3.49. The van der Waals surface area contributed by atoms with E-state index in [0.29, 0.717) is 6.10 Å². The Morgan fingerprint density at radius 2 is 2.11 bits per heavy atom. The molecule has 0 bridgehead atoms. The summed E-state index contributed by atoms with van der Waals surface area (Å²) in [4.78, 5) is 4.67. The summed E-state index contributed by atoms with van der Waals surface area (Å²) < 4.78 is 5.83. The van der Waals surface area contributed by atoms with Gasteiger partial charge in [-0.2, -0.15) is 0 Å². The normalized spacial score (nSPS) is 24.7. The highest BCUT2D eigenvalue weighted by Gasteiger charge is 2.27. The van der Waals surface area contributed by atoms with Crippen LogP contribution in [0.1, 0.15) is 25.5 Å². The third-order valence-corrected chi connectivity index (χ3v) is 3.84. The van der Waals surface area contributed by atoms with Crippen molar-refractivity contribution in [1.29, 1.82) is 0 Å². The standard InChI is InChI=1S/C16H20N2O/c1-11-6-9-16(19-11)14(17)10-13-8-7-12-4-2-3-5-15(12)18-13/h2-5,7-8,11,14,16H,6,9-10,17H2,1H3. The van der Waals surface area contributed by atoms with Crippen molar-refractivity contribution in [3.05, 3.63) is 42.1 Å². The lowest BCUT2D eigenvalue weighted by Crippen LogP contribution is -2.36. The van der Waals surface area contributed by atoms with Crippen LogP contribution < -0.4 is 5.73 Å². The van der Waals surface area contributed by atoms with E-state index < -0.39 is 0 Å². The van der Waals surface area contributed by atoms with E-state index >= 15 is 0 Å². The molecule has 1 fully saturated rings. The summed E-state index contributed by atoms with van der Waals surface area (Å²) in [5, 5.41) is 1.17. The fraction of sp³-hybridized carbons (Fsp3) is 0.438. The Bertz CT molecular complexity index is 569. The van der Waals surface area contributed by atoms with E-state index in [9.17, 15) is 0 Å².